The molecule has 0 atom stereocenters. The van der Waals surface area contributed by atoms with Gasteiger partial charge in [-0.25, -0.2) is 4.79 Å². The molecule has 0 bridgehead atoms. The number of nitrogens with one attached hydrogen (secondary N) is 2. The molecule has 4 heteroatoms. The van der Waals surface area contributed by atoms with E-state index in [1.807, 2.05) is 0 Å². The summed E-state index contributed by atoms with van der Waals surface area (Å²) in [7, 11) is 1.61. The van der Waals surface area contributed by atoms with Crippen LogP contribution in [0.1, 0.15) is 12.8 Å². The normalized spacial score (nSPS) is 16.2. The van der Waals surface area contributed by atoms with E-state index >= 15 is 0 Å². The fourth-order valence-electron chi connectivity index (χ4n) is 1.22. The van der Waals surface area contributed by atoms with Crippen molar-refractivity contribution in [2.45, 2.75) is 12.8 Å². The molecular weight excluding hydrogens is 168 g/mol. The number of urea groups is 1. The molecule has 0 aromatic carbocycles. The Labute approximate surface area is 78.3 Å². The van der Waals surface area contributed by atoms with Gasteiger partial charge in [-0.2, -0.15) is 0 Å². The van der Waals surface area contributed by atoms with Crippen molar-refractivity contribution < 1.29 is 9.53 Å². The van der Waals surface area contributed by atoms with Gasteiger partial charge in [0.05, 0.1) is 13.2 Å². The van der Waals surface area contributed by atoms with E-state index in [1.54, 1.807) is 7.05 Å². The average molecular weight is 184 g/mol. The maximum atomic E-state index is 10.8. The minimum atomic E-state index is -0.118. The van der Waals surface area contributed by atoms with Gasteiger partial charge >= 0.3 is 6.03 Å². The summed E-state index contributed by atoms with van der Waals surface area (Å²) >= 11 is 0. The van der Waals surface area contributed by atoms with Crippen molar-refractivity contribution in [3.63, 3.8) is 0 Å². The SMILES string of the molecule is CNC(=O)NCCC1=CCOCC1. The maximum absolute atomic E-state index is 10.8. The Balaban J connectivity index is 2.11. The average Bonchev–Trinajstić information content (AvgIpc) is 2.19. The Bertz CT molecular complexity index is 202. The molecule has 0 fully saturated rings. The van der Waals surface area contributed by atoms with Gasteiger partial charge < -0.3 is 15.4 Å². The number of hydrogen-bond acceptors (Lipinski definition) is 2. The molecule has 1 heterocycles. The summed E-state index contributed by atoms with van der Waals surface area (Å²) in [6.07, 6.45) is 4.02. The van der Waals surface area contributed by atoms with Gasteiger partial charge in [-0.1, -0.05) is 11.6 Å². The molecule has 13 heavy (non-hydrogen) atoms. The van der Waals surface area contributed by atoms with Crippen molar-refractivity contribution in [3.8, 4) is 0 Å². The summed E-state index contributed by atoms with van der Waals surface area (Å²) in [6, 6.07) is -0.118. The predicted octanol–water partition coefficient (Wildman–Crippen LogP) is 0.652. The molecule has 0 aliphatic carbocycles. The summed E-state index contributed by atoms with van der Waals surface area (Å²) in [5.74, 6) is 0. The van der Waals surface area contributed by atoms with Crippen LogP contribution in [0.15, 0.2) is 11.6 Å². The molecular formula is C9H16N2O2. The molecule has 0 aromatic heterocycles. The maximum Gasteiger partial charge on any atom is 0.314 e. The second kappa shape index (κ2) is 5.59. The van der Waals surface area contributed by atoms with Crippen molar-refractivity contribution in [3.05, 3.63) is 11.6 Å². The van der Waals surface area contributed by atoms with Crippen LogP contribution in [0.3, 0.4) is 0 Å². The smallest absolute Gasteiger partial charge is 0.314 e. The molecule has 2 amide bonds. The molecule has 0 spiro atoms. The first-order valence-corrected chi connectivity index (χ1v) is 4.54. The highest BCUT2D eigenvalue weighted by Crippen LogP contribution is 2.10. The van der Waals surface area contributed by atoms with Crippen LogP contribution in [0.4, 0.5) is 4.79 Å². The Hall–Kier alpha value is -1.03. The third-order valence-corrected chi connectivity index (χ3v) is 2.02. The lowest BCUT2D eigenvalue weighted by atomic mass is 10.1. The highest BCUT2D eigenvalue weighted by molar-refractivity contribution is 5.73. The zero-order valence-corrected chi connectivity index (χ0v) is 7.93. The van der Waals surface area contributed by atoms with E-state index in [4.69, 9.17) is 4.74 Å². The van der Waals surface area contributed by atoms with E-state index in [9.17, 15) is 4.79 Å². The summed E-state index contributed by atoms with van der Waals surface area (Å²) in [4.78, 5) is 10.8. The molecule has 4 nitrogen and oxygen atoms in total. The van der Waals surface area contributed by atoms with E-state index in [0.717, 1.165) is 26.1 Å². The molecule has 74 valence electrons. The fourth-order valence-corrected chi connectivity index (χ4v) is 1.22. The van der Waals surface area contributed by atoms with Crippen molar-refractivity contribution in [1.29, 1.82) is 0 Å². The molecule has 2 N–H and O–H groups in total. The zero-order chi connectivity index (χ0) is 9.52. The first-order chi connectivity index (χ1) is 6.33. The van der Waals surface area contributed by atoms with Crippen molar-refractivity contribution in [1.82, 2.24) is 10.6 Å². The topological polar surface area (TPSA) is 50.4 Å². The van der Waals surface area contributed by atoms with Crippen molar-refractivity contribution in [2.75, 3.05) is 26.8 Å². The number of rotatable bonds is 3. The number of hydrogen-bond donors (Lipinski definition) is 2. The van der Waals surface area contributed by atoms with Gasteiger partial charge in [0, 0.05) is 13.6 Å². The quantitative estimate of drug-likeness (QED) is 0.633. The zero-order valence-electron chi connectivity index (χ0n) is 7.93. The van der Waals surface area contributed by atoms with Crippen molar-refractivity contribution in [2.24, 2.45) is 0 Å². The lowest BCUT2D eigenvalue weighted by Gasteiger charge is -2.13. The van der Waals surface area contributed by atoms with E-state index < -0.39 is 0 Å². The lowest BCUT2D eigenvalue weighted by Crippen LogP contribution is -2.33. The fraction of sp³-hybridized carbons (Fsp3) is 0.667. The van der Waals surface area contributed by atoms with Crippen molar-refractivity contribution >= 4 is 6.03 Å². The van der Waals surface area contributed by atoms with Gasteiger partial charge in [-0.05, 0) is 12.8 Å². The van der Waals surface area contributed by atoms with Crippen LogP contribution in [0.2, 0.25) is 0 Å². The number of carbonyl (C=O) groups is 1. The Morgan fingerprint density at radius 3 is 3.15 bits per heavy atom. The van der Waals surface area contributed by atoms with E-state index in [0.29, 0.717) is 6.54 Å². The number of amides is 2. The molecule has 0 aromatic rings. The minimum absolute atomic E-state index is 0.118. The molecule has 0 saturated heterocycles. The first-order valence-electron chi connectivity index (χ1n) is 4.54. The first kappa shape index (κ1) is 10.1. The summed E-state index contributed by atoms with van der Waals surface area (Å²) < 4.78 is 5.17. The third kappa shape index (κ3) is 3.94. The van der Waals surface area contributed by atoms with E-state index in [1.165, 1.54) is 5.57 Å². The van der Waals surface area contributed by atoms with Gasteiger partial charge in [0.15, 0.2) is 0 Å². The van der Waals surface area contributed by atoms with Crippen LogP contribution in [0.25, 0.3) is 0 Å². The lowest BCUT2D eigenvalue weighted by molar-refractivity contribution is 0.153. The predicted molar refractivity (Wildman–Crippen MR) is 50.6 cm³/mol. The molecule has 1 aliphatic heterocycles. The molecule has 0 radical (unpaired) electrons. The van der Waals surface area contributed by atoms with Crippen LogP contribution >= 0.6 is 0 Å². The van der Waals surface area contributed by atoms with Crippen LogP contribution in [0.5, 0.6) is 0 Å². The summed E-state index contributed by atoms with van der Waals surface area (Å²) in [5.41, 5.74) is 1.38. The highest BCUT2D eigenvalue weighted by atomic mass is 16.5. The third-order valence-electron chi connectivity index (χ3n) is 2.02. The largest absolute Gasteiger partial charge is 0.377 e. The second-order valence-electron chi connectivity index (χ2n) is 2.94. The van der Waals surface area contributed by atoms with Gasteiger partial charge in [0.1, 0.15) is 0 Å². The van der Waals surface area contributed by atoms with Gasteiger partial charge in [-0.3, -0.25) is 0 Å². The van der Waals surface area contributed by atoms with Gasteiger partial charge in [0.2, 0.25) is 0 Å². The summed E-state index contributed by atoms with van der Waals surface area (Å²) in [6.45, 7) is 2.23. The summed E-state index contributed by atoms with van der Waals surface area (Å²) in [5, 5.41) is 5.26. The van der Waals surface area contributed by atoms with Crippen LogP contribution in [0, 0.1) is 0 Å². The highest BCUT2D eigenvalue weighted by Gasteiger charge is 2.03. The standard InChI is InChI=1S/C9H16N2O2/c1-10-9(12)11-5-2-8-3-6-13-7-4-8/h3H,2,4-7H2,1H3,(H2,10,11,12). The van der Waals surface area contributed by atoms with Crippen LogP contribution < -0.4 is 10.6 Å². The van der Waals surface area contributed by atoms with Crippen LogP contribution in [-0.2, 0) is 4.74 Å². The molecule has 0 saturated carbocycles. The number of carbonyl (C=O) groups excluding carboxylic acids is 1. The molecule has 1 rings (SSSR count). The minimum Gasteiger partial charge on any atom is -0.377 e. The van der Waals surface area contributed by atoms with Crippen LogP contribution in [-0.4, -0.2) is 32.8 Å². The monoisotopic (exact) mass is 184 g/mol. The Morgan fingerprint density at radius 1 is 1.69 bits per heavy atom. The van der Waals surface area contributed by atoms with E-state index in [2.05, 4.69) is 16.7 Å². The Morgan fingerprint density at radius 2 is 2.54 bits per heavy atom. The second-order valence-corrected chi connectivity index (χ2v) is 2.94. The van der Waals surface area contributed by atoms with Gasteiger partial charge in [0.25, 0.3) is 0 Å². The van der Waals surface area contributed by atoms with Gasteiger partial charge in [-0.15, -0.1) is 0 Å². The molecule has 1 aliphatic rings. The number of ether oxygens (including phenoxy) is 1. The Kier molecular flexibility index (Phi) is 4.32. The molecule has 0 unspecified atom stereocenters. The van der Waals surface area contributed by atoms with E-state index in [-0.39, 0.29) is 6.03 Å².